The highest BCUT2D eigenvalue weighted by Crippen LogP contribution is 2.33. The number of carbonyl (C=O) groups is 1. The van der Waals surface area contributed by atoms with Gasteiger partial charge >= 0.3 is 0 Å². The lowest BCUT2D eigenvalue weighted by Crippen LogP contribution is -1.96. The highest BCUT2D eigenvalue weighted by molar-refractivity contribution is 5.79. The number of hydrogen-bond donors (Lipinski definition) is 0. The number of ether oxygens (including phenoxy) is 3. The molecule has 0 amide bonds. The molecule has 2 rings (SSSR count). The molecule has 0 saturated carbocycles. The van der Waals surface area contributed by atoms with Crippen LogP contribution in [0.15, 0.2) is 30.3 Å². The Labute approximate surface area is 119 Å². The number of hydrogen-bond acceptors (Lipinski definition) is 4. The van der Waals surface area contributed by atoms with Gasteiger partial charge in [0.1, 0.15) is 17.2 Å². The fourth-order valence-electron chi connectivity index (χ4n) is 1.72. The second-order valence-corrected chi connectivity index (χ2v) is 4.04. The van der Waals surface area contributed by atoms with Gasteiger partial charge in [-0.1, -0.05) is 0 Å². The van der Waals surface area contributed by atoms with Gasteiger partial charge in [0, 0.05) is 18.2 Å². The van der Waals surface area contributed by atoms with Crippen LogP contribution in [0.1, 0.15) is 10.4 Å². The van der Waals surface area contributed by atoms with Crippen LogP contribution in [-0.2, 0) is 0 Å². The molecule has 0 spiro atoms. The summed E-state index contributed by atoms with van der Waals surface area (Å²) in [7, 11) is 2.68. The van der Waals surface area contributed by atoms with Crippen molar-refractivity contribution >= 4 is 6.29 Å². The van der Waals surface area contributed by atoms with Gasteiger partial charge in [-0.25, -0.2) is 8.78 Å². The molecular weight excluding hydrogens is 282 g/mol. The molecule has 0 aliphatic rings. The van der Waals surface area contributed by atoms with Crippen molar-refractivity contribution in [1.82, 2.24) is 0 Å². The molecular formula is C15H12F2O4. The first-order valence-corrected chi connectivity index (χ1v) is 5.93. The summed E-state index contributed by atoms with van der Waals surface area (Å²) in [5.41, 5.74) is 0.306. The molecule has 21 heavy (non-hydrogen) atoms. The van der Waals surface area contributed by atoms with E-state index >= 15 is 0 Å². The van der Waals surface area contributed by atoms with Gasteiger partial charge in [0.05, 0.1) is 19.8 Å². The molecule has 0 N–H and O–H groups in total. The summed E-state index contributed by atoms with van der Waals surface area (Å²) in [5.74, 6) is -1.92. The summed E-state index contributed by atoms with van der Waals surface area (Å²) in [6, 6.07) is 6.23. The molecule has 110 valence electrons. The number of halogens is 2. The van der Waals surface area contributed by atoms with Crippen LogP contribution in [0.25, 0.3) is 0 Å². The molecule has 0 fully saturated rings. The number of carbonyl (C=O) groups excluding carboxylic acids is 1. The lowest BCUT2D eigenvalue weighted by molar-refractivity contribution is 0.112. The SMILES string of the molecule is COc1cc(F)c(Oc2ccc(C=O)c(OC)c2)c(F)c1. The molecule has 0 aliphatic carbocycles. The Balaban J connectivity index is 2.36. The highest BCUT2D eigenvalue weighted by atomic mass is 19.1. The van der Waals surface area contributed by atoms with Crippen LogP contribution < -0.4 is 14.2 Å². The summed E-state index contributed by atoms with van der Waals surface area (Å²) >= 11 is 0. The van der Waals surface area contributed by atoms with Gasteiger partial charge in [-0.15, -0.1) is 0 Å². The van der Waals surface area contributed by atoms with Crippen molar-refractivity contribution in [2.45, 2.75) is 0 Å². The van der Waals surface area contributed by atoms with E-state index in [0.29, 0.717) is 11.8 Å². The summed E-state index contributed by atoms with van der Waals surface area (Å²) in [6.45, 7) is 0. The fourth-order valence-corrected chi connectivity index (χ4v) is 1.72. The third kappa shape index (κ3) is 3.10. The molecule has 0 heterocycles. The van der Waals surface area contributed by atoms with Crippen LogP contribution in [0.5, 0.6) is 23.0 Å². The summed E-state index contributed by atoms with van der Waals surface area (Å²) in [5, 5.41) is 0. The molecule has 4 nitrogen and oxygen atoms in total. The number of aldehydes is 1. The standard InChI is InChI=1S/C15H12F2O4/c1-19-11-5-12(16)15(13(17)6-11)21-10-4-3-9(8-18)14(7-10)20-2/h3-8H,1-2H3. The maximum Gasteiger partial charge on any atom is 0.198 e. The Morgan fingerprint density at radius 2 is 1.62 bits per heavy atom. The summed E-state index contributed by atoms with van der Waals surface area (Å²) < 4.78 is 42.5. The second kappa shape index (κ2) is 6.21. The van der Waals surface area contributed by atoms with E-state index in [2.05, 4.69) is 0 Å². The van der Waals surface area contributed by atoms with Gasteiger partial charge < -0.3 is 14.2 Å². The maximum atomic E-state index is 13.8. The van der Waals surface area contributed by atoms with E-state index in [4.69, 9.17) is 14.2 Å². The minimum absolute atomic E-state index is 0.0474. The van der Waals surface area contributed by atoms with Gasteiger partial charge in [0.25, 0.3) is 0 Å². The second-order valence-electron chi connectivity index (χ2n) is 4.04. The van der Waals surface area contributed by atoms with Crippen molar-refractivity contribution in [3.05, 3.63) is 47.5 Å². The lowest BCUT2D eigenvalue weighted by Gasteiger charge is -2.11. The Kier molecular flexibility index (Phi) is 4.37. The van der Waals surface area contributed by atoms with Crippen LogP contribution in [-0.4, -0.2) is 20.5 Å². The van der Waals surface area contributed by atoms with E-state index in [1.165, 1.54) is 32.4 Å². The Hall–Kier alpha value is -2.63. The van der Waals surface area contributed by atoms with Crippen molar-refractivity contribution in [1.29, 1.82) is 0 Å². The van der Waals surface area contributed by atoms with Crippen molar-refractivity contribution in [3.63, 3.8) is 0 Å². The van der Waals surface area contributed by atoms with E-state index in [9.17, 15) is 13.6 Å². The molecule has 0 radical (unpaired) electrons. The molecule has 0 unspecified atom stereocenters. The van der Waals surface area contributed by atoms with Crippen LogP contribution in [0.4, 0.5) is 8.78 Å². The monoisotopic (exact) mass is 294 g/mol. The minimum Gasteiger partial charge on any atom is -0.497 e. The van der Waals surface area contributed by atoms with Crippen molar-refractivity contribution in [2.24, 2.45) is 0 Å². The van der Waals surface area contributed by atoms with E-state index in [-0.39, 0.29) is 17.2 Å². The van der Waals surface area contributed by atoms with Gasteiger partial charge in [-0.05, 0) is 12.1 Å². The molecule has 0 aliphatic heterocycles. The molecule has 0 atom stereocenters. The zero-order valence-corrected chi connectivity index (χ0v) is 11.4. The normalized spacial score (nSPS) is 10.1. The van der Waals surface area contributed by atoms with E-state index in [1.807, 2.05) is 0 Å². The van der Waals surface area contributed by atoms with Crippen LogP contribution in [0.3, 0.4) is 0 Å². The van der Waals surface area contributed by atoms with E-state index in [1.54, 1.807) is 0 Å². The van der Waals surface area contributed by atoms with Crippen LogP contribution in [0, 0.1) is 11.6 Å². The molecule has 0 saturated heterocycles. The molecule has 6 heteroatoms. The fraction of sp³-hybridized carbons (Fsp3) is 0.133. The zero-order valence-electron chi connectivity index (χ0n) is 11.4. The van der Waals surface area contributed by atoms with Crippen LogP contribution >= 0.6 is 0 Å². The smallest absolute Gasteiger partial charge is 0.198 e. The average Bonchev–Trinajstić information content (AvgIpc) is 2.50. The molecule has 0 aromatic heterocycles. The number of methoxy groups -OCH3 is 2. The Morgan fingerprint density at radius 1 is 0.952 bits per heavy atom. The average molecular weight is 294 g/mol. The molecule has 2 aromatic carbocycles. The van der Waals surface area contributed by atoms with E-state index in [0.717, 1.165) is 12.1 Å². The van der Waals surface area contributed by atoms with Gasteiger partial charge in [-0.3, -0.25) is 4.79 Å². The first-order valence-electron chi connectivity index (χ1n) is 5.93. The predicted octanol–water partition coefficient (Wildman–Crippen LogP) is 3.59. The number of rotatable bonds is 5. The summed E-state index contributed by atoms with van der Waals surface area (Å²) in [4.78, 5) is 10.8. The van der Waals surface area contributed by atoms with Crippen LogP contribution in [0.2, 0.25) is 0 Å². The summed E-state index contributed by atoms with van der Waals surface area (Å²) in [6.07, 6.45) is 0.608. The highest BCUT2D eigenvalue weighted by Gasteiger charge is 2.15. The first kappa shape index (κ1) is 14.8. The minimum atomic E-state index is -0.898. The van der Waals surface area contributed by atoms with Gasteiger partial charge in [-0.2, -0.15) is 0 Å². The van der Waals surface area contributed by atoms with Crippen molar-refractivity contribution in [2.75, 3.05) is 14.2 Å². The Morgan fingerprint density at radius 3 is 2.14 bits per heavy atom. The zero-order chi connectivity index (χ0) is 15.4. The Bertz CT molecular complexity index is 648. The van der Waals surface area contributed by atoms with Gasteiger partial charge in [0.15, 0.2) is 23.7 Å². The largest absolute Gasteiger partial charge is 0.497 e. The van der Waals surface area contributed by atoms with Crippen molar-refractivity contribution in [3.8, 4) is 23.0 Å². The maximum absolute atomic E-state index is 13.8. The topological polar surface area (TPSA) is 44.8 Å². The van der Waals surface area contributed by atoms with Crippen molar-refractivity contribution < 1.29 is 27.8 Å². The van der Waals surface area contributed by atoms with Gasteiger partial charge in [0.2, 0.25) is 0 Å². The number of benzene rings is 2. The molecule has 0 bridgehead atoms. The third-order valence-electron chi connectivity index (χ3n) is 2.76. The molecule has 2 aromatic rings. The predicted molar refractivity (Wildman–Crippen MR) is 71.4 cm³/mol. The first-order chi connectivity index (χ1) is 10.1. The quantitative estimate of drug-likeness (QED) is 0.791. The third-order valence-corrected chi connectivity index (χ3v) is 2.76. The van der Waals surface area contributed by atoms with E-state index < -0.39 is 17.4 Å². The lowest BCUT2D eigenvalue weighted by atomic mass is 10.2.